The first-order valence-corrected chi connectivity index (χ1v) is 6.77. The van der Waals surface area contributed by atoms with Crippen LogP contribution >= 0.6 is 0 Å². The summed E-state index contributed by atoms with van der Waals surface area (Å²) in [6, 6.07) is 10.6. The molecule has 0 N–H and O–H groups in total. The van der Waals surface area contributed by atoms with Crippen LogP contribution in [0.15, 0.2) is 30.3 Å². The van der Waals surface area contributed by atoms with Crippen molar-refractivity contribution in [1.29, 1.82) is 0 Å². The van der Waals surface area contributed by atoms with Crippen molar-refractivity contribution in [3.63, 3.8) is 0 Å². The van der Waals surface area contributed by atoms with Gasteiger partial charge in [0.1, 0.15) is 0 Å². The van der Waals surface area contributed by atoms with Crippen LogP contribution in [0.2, 0.25) is 0 Å². The summed E-state index contributed by atoms with van der Waals surface area (Å²) in [4.78, 5) is 0. The molecule has 98 valence electrons. The lowest BCUT2D eigenvalue weighted by molar-refractivity contribution is 0.866. The molecular weight excluding hydrogens is 230 g/mol. The molecule has 0 saturated carbocycles. The Morgan fingerprint density at radius 1 is 0.947 bits per heavy atom. The maximum Gasteiger partial charge on any atom is 0.0640 e. The van der Waals surface area contributed by atoms with Crippen LogP contribution in [0.4, 0.5) is 0 Å². The number of rotatable bonds is 1. The molecule has 1 aromatic carbocycles. The van der Waals surface area contributed by atoms with E-state index in [1.54, 1.807) is 0 Å². The van der Waals surface area contributed by atoms with Crippen LogP contribution in [0.3, 0.4) is 0 Å². The van der Waals surface area contributed by atoms with E-state index in [1.165, 1.54) is 22.6 Å². The number of hydrogen-bond acceptors (Lipinski definition) is 0. The molecule has 2 rings (SSSR count). The van der Waals surface area contributed by atoms with Crippen molar-refractivity contribution in [2.24, 2.45) is 5.92 Å². The molecule has 0 bridgehead atoms. The molecule has 0 atom stereocenters. The first-order chi connectivity index (χ1) is 9.00. The third kappa shape index (κ3) is 2.74. The molecule has 1 aromatic heterocycles. The summed E-state index contributed by atoms with van der Waals surface area (Å²) in [5.74, 6) is 6.98. The predicted molar refractivity (Wildman–Crippen MR) is 81.7 cm³/mol. The second-order valence-electron chi connectivity index (χ2n) is 5.35. The Morgan fingerprint density at radius 3 is 2.16 bits per heavy atom. The van der Waals surface area contributed by atoms with Crippen molar-refractivity contribution in [2.75, 3.05) is 0 Å². The molecule has 0 radical (unpaired) electrons. The number of para-hydroxylation sites is 1. The molecule has 1 heterocycles. The predicted octanol–water partition coefficient (Wildman–Crippen LogP) is 4.41. The van der Waals surface area contributed by atoms with E-state index in [9.17, 15) is 0 Å². The van der Waals surface area contributed by atoms with Gasteiger partial charge in [-0.25, -0.2) is 0 Å². The Labute approximate surface area is 116 Å². The maximum atomic E-state index is 3.33. The van der Waals surface area contributed by atoms with Gasteiger partial charge in [-0.1, -0.05) is 37.8 Å². The van der Waals surface area contributed by atoms with Gasteiger partial charge in [0.05, 0.1) is 5.69 Å². The second-order valence-corrected chi connectivity index (χ2v) is 5.35. The summed E-state index contributed by atoms with van der Waals surface area (Å²) in [6.45, 7) is 10.7. The highest BCUT2D eigenvalue weighted by Gasteiger charge is 2.10. The van der Waals surface area contributed by atoms with Gasteiger partial charge in [-0.15, -0.1) is 0 Å². The van der Waals surface area contributed by atoms with Crippen LogP contribution in [0.5, 0.6) is 0 Å². The lowest BCUT2D eigenvalue weighted by atomic mass is 10.1. The molecule has 1 heteroatoms. The largest absolute Gasteiger partial charge is 0.317 e. The van der Waals surface area contributed by atoms with E-state index in [2.05, 4.69) is 81.4 Å². The molecule has 0 aliphatic carbocycles. The summed E-state index contributed by atoms with van der Waals surface area (Å²) in [6.07, 6.45) is 0. The van der Waals surface area contributed by atoms with E-state index >= 15 is 0 Å². The number of benzene rings is 1. The highest BCUT2D eigenvalue weighted by Crippen LogP contribution is 2.23. The van der Waals surface area contributed by atoms with Gasteiger partial charge in [0.2, 0.25) is 0 Å². The van der Waals surface area contributed by atoms with Crippen molar-refractivity contribution in [3.8, 4) is 17.5 Å². The minimum absolute atomic E-state index is 0.389. The number of nitrogens with zero attached hydrogens (tertiary/aromatic N) is 1. The normalized spacial score (nSPS) is 10.4. The second kappa shape index (κ2) is 5.36. The van der Waals surface area contributed by atoms with E-state index < -0.39 is 0 Å². The first kappa shape index (κ1) is 13.5. The van der Waals surface area contributed by atoms with Gasteiger partial charge in [0.15, 0.2) is 0 Å². The minimum Gasteiger partial charge on any atom is -0.317 e. The standard InChI is InChI=1S/C18H21N/c1-13(2)9-12-17-8-6-7-14(3)18(17)19-15(4)10-11-16(19)5/h6-8,10-11,13H,1-5H3. The van der Waals surface area contributed by atoms with Crippen LogP contribution in [0.25, 0.3) is 5.69 Å². The highest BCUT2D eigenvalue weighted by molar-refractivity contribution is 5.57. The Morgan fingerprint density at radius 2 is 1.58 bits per heavy atom. The maximum absolute atomic E-state index is 3.33. The number of aromatic nitrogens is 1. The zero-order chi connectivity index (χ0) is 14.0. The van der Waals surface area contributed by atoms with E-state index in [4.69, 9.17) is 0 Å². The van der Waals surface area contributed by atoms with E-state index in [0.29, 0.717) is 5.92 Å². The zero-order valence-corrected chi connectivity index (χ0v) is 12.4. The highest BCUT2D eigenvalue weighted by atomic mass is 15.0. The summed E-state index contributed by atoms with van der Waals surface area (Å²) in [7, 11) is 0. The van der Waals surface area contributed by atoms with E-state index in [-0.39, 0.29) is 0 Å². The molecule has 0 aliphatic heterocycles. The summed E-state index contributed by atoms with van der Waals surface area (Å²) >= 11 is 0. The smallest absolute Gasteiger partial charge is 0.0640 e. The third-order valence-electron chi connectivity index (χ3n) is 3.23. The van der Waals surface area contributed by atoms with Crippen molar-refractivity contribution in [1.82, 2.24) is 4.57 Å². The van der Waals surface area contributed by atoms with Gasteiger partial charge in [-0.05, 0) is 44.5 Å². The van der Waals surface area contributed by atoms with Crippen molar-refractivity contribution in [3.05, 3.63) is 52.8 Å². The monoisotopic (exact) mass is 251 g/mol. The quantitative estimate of drug-likeness (QED) is 0.662. The van der Waals surface area contributed by atoms with Crippen LogP contribution in [-0.4, -0.2) is 4.57 Å². The lowest BCUT2D eigenvalue weighted by Gasteiger charge is -2.14. The molecule has 0 saturated heterocycles. The molecule has 0 unspecified atom stereocenters. The Balaban J connectivity index is 2.67. The topological polar surface area (TPSA) is 4.93 Å². The third-order valence-corrected chi connectivity index (χ3v) is 3.23. The van der Waals surface area contributed by atoms with Crippen LogP contribution in [0.1, 0.15) is 36.4 Å². The fourth-order valence-electron chi connectivity index (χ4n) is 2.30. The molecule has 19 heavy (non-hydrogen) atoms. The van der Waals surface area contributed by atoms with Crippen LogP contribution in [0, 0.1) is 38.5 Å². The molecule has 0 spiro atoms. The SMILES string of the molecule is Cc1cccc(C#CC(C)C)c1-n1c(C)ccc1C. The van der Waals surface area contributed by atoms with Gasteiger partial charge in [0, 0.05) is 22.9 Å². The van der Waals surface area contributed by atoms with Gasteiger partial charge < -0.3 is 4.57 Å². The Hall–Kier alpha value is -1.94. The van der Waals surface area contributed by atoms with Crippen molar-refractivity contribution >= 4 is 0 Å². The summed E-state index contributed by atoms with van der Waals surface area (Å²) in [5, 5.41) is 0. The van der Waals surface area contributed by atoms with E-state index in [0.717, 1.165) is 5.56 Å². The Kier molecular flexibility index (Phi) is 3.81. The average molecular weight is 251 g/mol. The van der Waals surface area contributed by atoms with E-state index in [1.807, 2.05) is 0 Å². The van der Waals surface area contributed by atoms with Crippen molar-refractivity contribution in [2.45, 2.75) is 34.6 Å². The Bertz CT molecular complexity index is 629. The van der Waals surface area contributed by atoms with Crippen LogP contribution in [-0.2, 0) is 0 Å². The molecular formula is C18H21N. The number of hydrogen-bond donors (Lipinski definition) is 0. The van der Waals surface area contributed by atoms with Gasteiger partial charge in [-0.3, -0.25) is 0 Å². The van der Waals surface area contributed by atoms with Gasteiger partial charge in [0.25, 0.3) is 0 Å². The van der Waals surface area contributed by atoms with Crippen molar-refractivity contribution < 1.29 is 0 Å². The molecule has 0 aliphatic rings. The van der Waals surface area contributed by atoms with Gasteiger partial charge in [-0.2, -0.15) is 0 Å². The first-order valence-electron chi connectivity index (χ1n) is 6.77. The number of aryl methyl sites for hydroxylation is 3. The average Bonchev–Trinajstić information content (AvgIpc) is 2.67. The molecule has 0 fully saturated rings. The fraction of sp³-hybridized carbons (Fsp3) is 0.333. The summed E-state index contributed by atoms with van der Waals surface area (Å²) in [5.41, 5.74) is 6.09. The molecule has 0 amide bonds. The molecule has 1 nitrogen and oxygen atoms in total. The van der Waals surface area contributed by atoms with Gasteiger partial charge >= 0.3 is 0 Å². The zero-order valence-electron chi connectivity index (χ0n) is 12.4. The minimum atomic E-state index is 0.389. The lowest BCUT2D eigenvalue weighted by Crippen LogP contribution is -2.04. The van der Waals surface area contributed by atoms with Crippen LogP contribution < -0.4 is 0 Å². The summed E-state index contributed by atoms with van der Waals surface area (Å²) < 4.78 is 2.29. The fourth-order valence-corrected chi connectivity index (χ4v) is 2.30. The molecule has 2 aromatic rings.